The second-order valence-corrected chi connectivity index (χ2v) is 5.26. The van der Waals surface area contributed by atoms with Gasteiger partial charge in [0, 0.05) is 20.2 Å². The molecule has 1 aliphatic rings. The van der Waals surface area contributed by atoms with Crippen LogP contribution in [0.2, 0.25) is 0 Å². The summed E-state index contributed by atoms with van der Waals surface area (Å²) in [6.07, 6.45) is 1.46. The zero-order valence-electron chi connectivity index (χ0n) is 12.3. The third-order valence-electron chi connectivity index (χ3n) is 3.63. The Morgan fingerprint density at radius 2 is 1.71 bits per heavy atom. The monoisotopic (exact) mass is 290 g/mol. The van der Waals surface area contributed by atoms with Gasteiger partial charge < -0.3 is 15.4 Å². The molecule has 1 aromatic rings. The van der Waals surface area contributed by atoms with Crippen LogP contribution in [0.25, 0.3) is 0 Å². The Balaban J connectivity index is 1.63. The summed E-state index contributed by atoms with van der Waals surface area (Å²) >= 11 is 0. The topological polar surface area (TPSA) is 67.4 Å². The predicted octanol–water partition coefficient (Wildman–Crippen LogP) is 0.744. The molecule has 2 N–H and O–H groups in total. The average molecular weight is 290 g/mol. The molecule has 0 spiro atoms. The Morgan fingerprint density at radius 3 is 2.33 bits per heavy atom. The number of ether oxygens (including phenoxy) is 1. The number of carbonyl (C=O) groups excluding carboxylic acids is 2. The lowest BCUT2D eigenvalue weighted by atomic mass is 10.1. The molecule has 21 heavy (non-hydrogen) atoms. The highest BCUT2D eigenvalue weighted by Crippen LogP contribution is 2.38. The lowest BCUT2D eigenvalue weighted by molar-refractivity contribution is -0.127. The minimum atomic E-state index is -0.168. The molecule has 0 aromatic heterocycles. The van der Waals surface area contributed by atoms with Crippen molar-refractivity contribution in [3.63, 3.8) is 0 Å². The van der Waals surface area contributed by atoms with Gasteiger partial charge >= 0.3 is 0 Å². The molecule has 1 aliphatic carbocycles. The summed E-state index contributed by atoms with van der Waals surface area (Å²) in [4.78, 5) is 23.7. The number of benzene rings is 1. The number of methoxy groups -OCH3 is 1. The van der Waals surface area contributed by atoms with E-state index in [4.69, 9.17) is 4.74 Å². The van der Waals surface area contributed by atoms with E-state index in [2.05, 4.69) is 10.6 Å². The summed E-state index contributed by atoms with van der Waals surface area (Å²) in [7, 11) is 1.59. The van der Waals surface area contributed by atoms with Crippen LogP contribution in [0.1, 0.15) is 12.0 Å². The van der Waals surface area contributed by atoms with Crippen LogP contribution in [0.15, 0.2) is 30.3 Å². The molecule has 2 rings (SSSR count). The Labute approximate surface area is 125 Å². The van der Waals surface area contributed by atoms with Crippen molar-refractivity contribution in [3.8, 4) is 0 Å². The van der Waals surface area contributed by atoms with Crippen LogP contribution in [-0.2, 0) is 20.7 Å². The maximum absolute atomic E-state index is 11.9. The van der Waals surface area contributed by atoms with Gasteiger partial charge in [-0.15, -0.1) is 0 Å². The van der Waals surface area contributed by atoms with E-state index in [1.807, 2.05) is 30.3 Å². The highest BCUT2D eigenvalue weighted by atomic mass is 16.5. The summed E-state index contributed by atoms with van der Waals surface area (Å²) < 4.78 is 4.87. The standard InChI is InChI=1S/C16H22N2O3/c1-21-10-9-18-16(20)14-11-13(14)15(19)17-8-7-12-5-3-2-4-6-12/h2-6,13-14H,7-11H2,1H3,(H,17,19)(H,18,20). The first-order valence-electron chi connectivity index (χ1n) is 7.30. The zero-order chi connectivity index (χ0) is 15.1. The Morgan fingerprint density at radius 1 is 1.10 bits per heavy atom. The largest absolute Gasteiger partial charge is 0.383 e. The third kappa shape index (κ3) is 4.86. The normalized spacial score (nSPS) is 19.9. The average Bonchev–Trinajstić information content (AvgIpc) is 3.29. The molecule has 1 fully saturated rings. The Kier molecular flexibility index (Phi) is 5.75. The number of nitrogens with one attached hydrogen (secondary N) is 2. The van der Waals surface area contributed by atoms with Gasteiger partial charge in [-0.3, -0.25) is 9.59 Å². The van der Waals surface area contributed by atoms with Gasteiger partial charge in [-0.05, 0) is 18.4 Å². The SMILES string of the molecule is COCCNC(=O)C1CC1C(=O)NCCc1ccccc1. The fourth-order valence-corrected chi connectivity index (χ4v) is 2.29. The molecule has 2 atom stereocenters. The van der Waals surface area contributed by atoms with Gasteiger partial charge in [0.25, 0.3) is 0 Å². The first kappa shape index (κ1) is 15.5. The van der Waals surface area contributed by atoms with Crippen molar-refractivity contribution in [2.45, 2.75) is 12.8 Å². The zero-order valence-corrected chi connectivity index (χ0v) is 12.3. The lowest BCUT2D eigenvalue weighted by Crippen LogP contribution is -2.32. The first-order valence-corrected chi connectivity index (χ1v) is 7.30. The molecule has 114 valence electrons. The molecule has 5 heteroatoms. The van der Waals surface area contributed by atoms with Crippen LogP contribution in [-0.4, -0.2) is 38.6 Å². The molecule has 1 saturated carbocycles. The van der Waals surface area contributed by atoms with Gasteiger partial charge in [0.2, 0.25) is 11.8 Å². The van der Waals surface area contributed by atoms with Crippen molar-refractivity contribution >= 4 is 11.8 Å². The molecule has 5 nitrogen and oxygen atoms in total. The van der Waals surface area contributed by atoms with Crippen molar-refractivity contribution in [2.24, 2.45) is 11.8 Å². The van der Waals surface area contributed by atoms with E-state index in [0.29, 0.717) is 26.1 Å². The van der Waals surface area contributed by atoms with Crippen molar-refractivity contribution < 1.29 is 14.3 Å². The fraction of sp³-hybridized carbons (Fsp3) is 0.500. The van der Waals surface area contributed by atoms with Crippen molar-refractivity contribution in [2.75, 3.05) is 26.8 Å². The number of hydrogen-bond donors (Lipinski definition) is 2. The molecule has 0 bridgehead atoms. The van der Waals surface area contributed by atoms with Crippen LogP contribution >= 0.6 is 0 Å². The van der Waals surface area contributed by atoms with E-state index >= 15 is 0 Å². The van der Waals surface area contributed by atoms with Gasteiger partial charge in [-0.25, -0.2) is 0 Å². The molecule has 1 aromatic carbocycles. The van der Waals surface area contributed by atoms with E-state index in [0.717, 1.165) is 6.42 Å². The maximum atomic E-state index is 11.9. The van der Waals surface area contributed by atoms with Crippen LogP contribution in [0.3, 0.4) is 0 Å². The Bertz CT molecular complexity index is 476. The van der Waals surface area contributed by atoms with E-state index < -0.39 is 0 Å². The van der Waals surface area contributed by atoms with Crippen LogP contribution in [0.5, 0.6) is 0 Å². The van der Waals surface area contributed by atoms with E-state index in [9.17, 15) is 9.59 Å². The Hall–Kier alpha value is -1.88. The first-order chi connectivity index (χ1) is 10.2. The summed E-state index contributed by atoms with van der Waals surface area (Å²) in [5.74, 6) is -0.394. The van der Waals surface area contributed by atoms with Crippen molar-refractivity contribution in [3.05, 3.63) is 35.9 Å². The maximum Gasteiger partial charge on any atom is 0.224 e. The summed E-state index contributed by atoms with van der Waals surface area (Å²) in [5.41, 5.74) is 1.20. The van der Waals surface area contributed by atoms with Crippen molar-refractivity contribution in [1.29, 1.82) is 0 Å². The van der Waals surface area contributed by atoms with Crippen LogP contribution < -0.4 is 10.6 Å². The highest BCUT2D eigenvalue weighted by molar-refractivity contribution is 5.92. The fourth-order valence-electron chi connectivity index (χ4n) is 2.29. The quantitative estimate of drug-likeness (QED) is 0.694. The number of hydrogen-bond acceptors (Lipinski definition) is 3. The van der Waals surface area contributed by atoms with Gasteiger partial charge in [0.1, 0.15) is 0 Å². The number of amides is 2. The predicted molar refractivity (Wildman–Crippen MR) is 79.6 cm³/mol. The van der Waals surface area contributed by atoms with Crippen molar-refractivity contribution in [1.82, 2.24) is 10.6 Å². The number of carbonyl (C=O) groups is 2. The van der Waals surface area contributed by atoms with E-state index in [1.165, 1.54) is 5.56 Å². The minimum absolute atomic E-state index is 0.0159. The van der Waals surface area contributed by atoms with Gasteiger partial charge in [0.15, 0.2) is 0 Å². The van der Waals surface area contributed by atoms with Crippen LogP contribution in [0.4, 0.5) is 0 Å². The second-order valence-electron chi connectivity index (χ2n) is 5.26. The molecule has 2 amide bonds. The molecule has 0 radical (unpaired) electrons. The molecule has 0 aliphatic heterocycles. The molecular formula is C16H22N2O3. The summed E-state index contributed by atoms with van der Waals surface area (Å²) in [5, 5.41) is 5.67. The van der Waals surface area contributed by atoms with Gasteiger partial charge in [0.05, 0.1) is 18.4 Å². The van der Waals surface area contributed by atoms with Gasteiger partial charge in [-0.2, -0.15) is 0 Å². The second kappa shape index (κ2) is 7.78. The number of rotatable bonds is 8. The third-order valence-corrected chi connectivity index (χ3v) is 3.63. The van der Waals surface area contributed by atoms with Crippen LogP contribution in [0, 0.1) is 11.8 Å². The molecular weight excluding hydrogens is 268 g/mol. The molecule has 0 heterocycles. The smallest absolute Gasteiger partial charge is 0.224 e. The van der Waals surface area contributed by atoms with E-state index in [1.54, 1.807) is 7.11 Å². The highest BCUT2D eigenvalue weighted by Gasteiger charge is 2.47. The lowest BCUT2D eigenvalue weighted by Gasteiger charge is -2.06. The van der Waals surface area contributed by atoms with E-state index in [-0.39, 0.29) is 23.7 Å². The molecule has 2 unspecified atom stereocenters. The summed E-state index contributed by atoms with van der Waals surface area (Å²) in [6, 6.07) is 10.0. The molecule has 0 saturated heterocycles. The minimum Gasteiger partial charge on any atom is -0.383 e. The van der Waals surface area contributed by atoms with Gasteiger partial charge in [-0.1, -0.05) is 30.3 Å². The summed E-state index contributed by atoms with van der Waals surface area (Å²) in [6.45, 7) is 1.60.